The molecule has 2 aromatic rings. The van der Waals surface area contributed by atoms with Crippen molar-refractivity contribution in [1.82, 2.24) is 14.4 Å². The monoisotopic (exact) mass is 369 g/mol. The van der Waals surface area contributed by atoms with Gasteiger partial charge in [0, 0.05) is 37.0 Å². The highest BCUT2D eigenvalue weighted by atomic mass is 19.1. The number of likely N-dealkylation sites (N-methyl/N-ethyl adjacent to an activating group) is 1. The molecule has 1 atom stereocenters. The molecule has 5 nitrogen and oxygen atoms in total. The second-order valence-electron chi connectivity index (χ2n) is 7.70. The van der Waals surface area contributed by atoms with Crippen molar-refractivity contribution >= 4 is 5.91 Å². The van der Waals surface area contributed by atoms with Gasteiger partial charge in [-0.2, -0.15) is 0 Å². The number of benzene rings is 1. The lowest BCUT2D eigenvalue weighted by Gasteiger charge is -2.34. The fraction of sp³-hybridized carbons (Fsp3) is 0.429. The highest BCUT2D eigenvalue weighted by molar-refractivity contribution is 5.83. The van der Waals surface area contributed by atoms with Gasteiger partial charge in [0.05, 0.1) is 0 Å². The SMILES string of the molecule is CN(C)C(C(=O)N1CCc2cc(=O)n(C3CC3)cc2C1)c1ccccc1F. The molecule has 2 heterocycles. The topological polar surface area (TPSA) is 45.6 Å². The number of hydrogen-bond donors (Lipinski definition) is 0. The second-order valence-corrected chi connectivity index (χ2v) is 7.70. The number of carbonyl (C=O) groups excluding carboxylic acids is 1. The molecule has 1 saturated carbocycles. The molecule has 0 N–H and O–H groups in total. The first kappa shape index (κ1) is 17.9. The third kappa shape index (κ3) is 3.41. The number of rotatable bonds is 4. The minimum Gasteiger partial charge on any atom is -0.336 e. The Morgan fingerprint density at radius 2 is 1.96 bits per heavy atom. The number of carbonyl (C=O) groups is 1. The summed E-state index contributed by atoms with van der Waals surface area (Å²) in [5, 5.41) is 0. The summed E-state index contributed by atoms with van der Waals surface area (Å²) in [6, 6.07) is 7.80. The molecule has 1 aliphatic heterocycles. The molecule has 1 aromatic heterocycles. The van der Waals surface area contributed by atoms with E-state index in [1.54, 1.807) is 52.7 Å². The van der Waals surface area contributed by atoms with Crippen LogP contribution in [-0.4, -0.2) is 40.9 Å². The summed E-state index contributed by atoms with van der Waals surface area (Å²) in [6.45, 7) is 0.997. The van der Waals surface area contributed by atoms with E-state index in [1.165, 1.54) is 6.07 Å². The highest BCUT2D eigenvalue weighted by Gasteiger charge is 2.32. The molecule has 27 heavy (non-hydrogen) atoms. The molecular formula is C21H24FN3O2. The van der Waals surface area contributed by atoms with Crippen LogP contribution in [0.3, 0.4) is 0 Å². The molecule has 6 heteroatoms. The van der Waals surface area contributed by atoms with Gasteiger partial charge in [0.1, 0.15) is 11.9 Å². The summed E-state index contributed by atoms with van der Waals surface area (Å²) >= 11 is 0. The van der Waals surface area contributed by atoms with Crippen molar-refractivity contribution in [3.8, 4) is 0 Å². The highest BCUT2D eigenvalue weighted by Crippen LogP contribution is 2.34. The Kier molecular flexibility index (Phi) is 4.60. The van der Waals surface area contributed by atoms with Gasteiger partial charge in [0.2, 0.25) is 5.91 Å². The van der Waals surface area contributed by atoms with Crippen LogP contribution in [0.15, 0.2) is 41.3 Å². The third-order valence-electron chi connectivity index (χ3n) is 5.47. The average Bonchev–Trinajstić information content (AvgIpc) is 3.47. The molecule has 1 aromatic carbocycles. The van der Waals surface area contributed by atoms with E-state index >= 15 is 0 Å². The van der Waals surface area contributed by atoms with Crippen LogP contribution in [0.4, 0.5) is 4.39 Å². The van der Waals surface area contributed by atoms with Crippen molar-refractivity contribution in [1.29, 1.82) is 0 Å². The fourth-order valence-corrected chi connectivity index (χ4v) is 3.87. The Balaban J connectivity index is 1.62. The Morgan fingerprint density at radius 3 is 2.63 bits per heavy atom. The molecule has 0 saturated heterocycles. The predicted octanol–water partition coefficient (Wildman–Crippen LogP) is 2.51. The first-order valence-electron chi connectivity index (χ1n) is 9.39. The summed E-state index contributed by atoms with van der Waals surface area (Å²) in [7, 11) is 3.58. The van der Waals surface area contributed by atoms with Crippen molar-refractivity contribution in [3.63, 3.8) is 0 Å². The van der Waals surface area contributed by atoms with Crippen LogP contribution < -0.4 is 5.56 Å². The van der Waals surface area contributed by atoms with Crippen molar-refractivity contribution in [2.24, 2.45) is 0 Å². The van der Waals surface area contributed by atoms with Gasteiger partial charge in [-0.15, -0.1) is 0 Å². The van der Waals surface area contributed by atoms with E-state index in [4.69, 9.17) is 0 Å². The number of amides is 1. The number of halogens is 1. The van der Waals surface area contributed by atoms with Gasteiger partial charge in [-0.3, -0.25) is 14.5 Å². The normalized spacial score (nSPS) is 17.7. The molecule has 4 rings (SSSR count). The number of pyridine rings is 1. The zero-order valence-electron chi connectivity index (χ0n) is 15.7. The molecule has 1 amide bonds. The Bertz CT molecular complexity index is 933. The molecular weight excluding hydrogens is 345 g/mol. The first-order valence-corrected chi connectivity index (χ1v) is 9.39. The zero-order valence-corrected chi connectivity index (χ0v) is 15.7. The number of nitrogens with zero attached hydrogens (tertiary/aromatic N) is 3. The van der Waals surface area contributed by atoms with Crippen LogP contribution in [0, 0.1) is 5.82 Å². The quantitative estimate of drug-likeness (QED) is 0.832. The van der Waals surface area contributed by atoms with Crippen molar-refractivity contribution in [2.75, 3.05) is 20.6 Å². The third-order valence-corrected chi connectivity index (χ3v) is 5.47. The molecule has 0 bridgehead atoms. The van der Waals surface area contributed by atoms with E-state index in [0.29, 0.717) is 31.1 Å². The van der Waals surface area contributed by atoms with Crippen molar-refractivity contribution in [2.45, 2.75) is 37.9 Å². The van der Waals surface area contributed by atoms with Gasteiger partial charge >= 0.3 is 0 Å². The molecule has 0 radical (unpaired) electrons. The van der Waals surface area contributed by atoms with Crippen LogP contribution >= 0.6 is 0 Å². The van der Waals surface area contributed by atoms with E-state index in [2.05, 4.69) is 0 Å². The molecule has 1 fully saturated rings. The average molecular weight is 369 g/mol. The standard InChI is InChI=1S/C21H24FN3O2/c1-23(2)20(17-5-3-4-6-18(17)22)21(27)24-10-9-14-11-19(26)25(16-7-8-16)13-15(14)12-24/h3-6,11,13,16,20H,7-10,12H2,1-2H3. The molecule has 1 unspecified atom stereocenters. The molecule has 1 aliphatic carbocycles. The van der Waals surface area contributed by atoms with Crippen molar-refractivity contribution < 1.29 is 9.18 Å². The number of aromatic nitrogens is 1. The summed E-state index contributed by atoms with van der Waals surface area (Å²) in [6.07, 6.45) is 4.65. The summed E-state index contributed by atoms with van der Waals surface area (Å²) in [4.78, 5) is 29.0. The van der Waals surface area contributed by atoms with Gasteiger partial charge in [-0.25, -0.2) is 4.39 Å². The minimum absolute atomic E-state index is 0.0496. The number of hydrogen-bond acceptors (Lipinski definition) is 3. The van der Waals surface area contributed by atoms with E-state index < -0.39 is 6.04 Å². The molecule has 142 valence electrons. The summed E-state index contributed by atoms with van der Waals surface area (Å²) in [5.41, 5.74) is 2.48. The lowest BCUT2D eigenvalue weighted by Crippen LogP contribution is -2.43. The lowest BCUT2D eigenvalue weighted by atomic mass is 9.99. The van der Waals surface area contributed by atoms with E-state index in [-0.39, 0.29) is 17.3 Å². The van der Waals surface area contributed by atoms with Crippen LogP contribution in [-0.2, 0) is 17.8 Å². The lowest BCUT2D eigenvalue weighted by molar-refractivity contribution is -0.137. The van der Waals surface area contributed by atoms with Gasteiger partial charge < -0.3 is 9.47 Å². The van der Waals surface area contributed by atoms with E-state index in [0.717, 1.165) is 24.0 Å². The maximum absolute atomic E-state index is 14.3. The Morgan fingerprint density at radius 1 is 1.22 bits per heavy atom. The first-order chi connectivity index (χ1) is 13.0. The van der Waals surface area contributed by atoms with E-state index in [9.17, 15) is 14.0 Å². The molecule has 0 spiro atoms. The van der Waals surface area contributed by atoms with E-state index in [1.807, 2.05) is 6.20 Å². The Hall–Kier alpha value is -2.47. The van der Waals surface area contributed by atoms with Gasteiger partial charge in [0.25, 0.3) is 5.56 Å². The smallest absolute Gasteiger partial charge is 0.251 e. The van der Waals surface area contributed by atoms with Crippen LogP contribution in [0.1, 0.15) is 41.6 Å². The van der Waals surface area contributed by atoms with Crippen LogP contribution in [0.2, 0.25) is 0 Å². The Labute approximate surface area is 158 Å². The summed E-state index contributed by atoms with van der Waals surface area (Å²) in [5.74, 6) is -0.482. The van der Waals surface area contributed by atoms with Gasteiger partial charge in [-0.1, -0.05) is 18.2 Å². The fourth-order valence-electron chi connectivity index (χ4n) is 3.87. The van der Waals surface area contributed by atoms with Gasteiger partial charge in [-0.05, 0) is 50.6 Å². The van der Waals surface area contributed by atoms with Crippen molar-refractivity contribution in [3.05, 3.63) is 69.4 Å². The largest absolute Gasteiger partial charge is 0.336 e. The summed E-state index contributed by atoms with van der Waals surface area (Å²) < 4.78 is 16.1. The zero-order chi connectivity index (χ0) is 19.1. The van der Waals surface area contributed by atoms with Crippen LogP contribution in [0.25, 0.3) is 0 Å². The predicted molar refractivity (Wildman–Crippen MR) is 101 cm³/mol. The van der Waals surface area contributed by atoms with Gasteiger partial charge in [0.15, 0.2) is 0 Å². The number of fused-ring (bicyclic) bond motifs is 1. The molecule has 2 aliphatic rings. The maximum Gasteiger partial charge on any atom is 0.251 e. The maximum atomic E-state index is 14.3. The van der Waals surface area contributed by atoms with Crippen LogP contribution in [0.5, 0.6) is 0 Å². The second kappa shape index (κ2) is 6.93. The minimum atomic E-state index is -0.665.